The van der Waals surface area contributed by atoms with Crippen molar-refractivity contribution in [3.8, 4) is 0 Å². The van der Waals surface area contributed by atoms with Crippen molar-refractivity contribution in [3.05, 3.63) is 35.9 Å². The van der Waals surface area contributed by atoms with Gasteiger partial charge in [-0.1, -0.05) is 30.3 Å². The maximum atomic E-state index is 14.3. The number of benzene rings is 1. The summed E-state index contributed by atoms with van der Waals surface area (Å²) in [7, 11) is 3.87. The summed E-state index contributed by atoms with van der Waals surface area (Å²) in [4.78, 5) is 16.2. The molecular weight excluding hydrogens is 316 g/mol. The molecule has 0 saturated carbocycles. The lowest BCUT2D eigenvalue weighted by Crippen LogP contribution is -2.60. The Morgan fingerprint density at radius 2 is 1.92 bits per heavy atom. The third-order valence-electron chi connectivity index (χ3n) is 4.60. The molecule has 1 fully saturated rings. The predicted molar refractivity (Wildman–Crippen MR) is 87.9 cm³/mol. The van der Waals surface area contributed by atoms with E-state index in [1.165, 1.54) is 12.1 Å². The molecule has 7 heteroatoms. The summed E-state index contributed by atoms with van der Waals surface area (Å²) < 4.78 is 28.6. The summed E-state index contributed by atoms with van der Waals surface area (Å²) in [5, 5.41) is 12.3. The lowest BCUT2D eigenvalue weighted by molar-refractivity contribution is -0.165. The Bertz CT molecular complexity index is 556. The van der Waals surface area contributed by atoms with Crippen LogP contribution in [0.15, 0.2) is 30.3 Å². The Balaban J connectivity index is 2.04. The van der Waals surface area contributed by atoms with Crippen LogP contribution in [0.4, 0.5) is 8.78 Å². The highest BCUT2D eigenvalue weighted by Gasteiger charge is 2.48. The molecule has 24 heavy (non-hydrogen) atoms. The summed E-state index contributed by atoms with van der Waals surface area (Å²) in [5.74, 6) is -5.35. The minimum atomic E-state index is -3.89. The highest BCUT2D eigenvalue weighted by Crippen LogP contribution is 2.31. The largest absolute Gasteiger partial charge is 0.381 e. The summed E-state index contributed by atoms with van der Waals surface area (Å²) >= 11 is 0. The maximum absolute atomic E-state index is 14.3. The fourth-order valence-electron chi connectivity index (χ4n) is 2.95. The van der Waals surface area contributed by atoms with Crippen LogP contribution in [0.25, 0.3) is 0 Å². The van der Waals surface area contributed by atoms with E-state index in [2.05, 4.69) is 15.1 Å². The molecule has 3 atom stereocenters. The topological polar surface area (TPSA) is 55.8 Å². The van der Waals surface area contributed by atoms with Gasteiger partial charge in [-0.15, -0.1) is 0 Å². The molecule has 1 aliphatic rings. The number of nitrogens with zero attached hydrogens (tertiary/aromatic N) is 2. The van der Waals surface area contributed by atoms with Crippen LogP contribution in [0.1, 0.15) is 18.6 Å². The molecule has 5 nitrogen and oxygen atoms in total. The van der Waals surface area contributed by atoms with Gasteiger partial charge in [-0.2, -0.15) is 8.78 Å². The molecule has 2 rings (SSSR count). The summed E-state index contributed by atoms with van der Waals surface area (Å²) in [6.07, 6.45) is -2.17. The first-order chi connectivity index (χ1) is 11.2. The number of carbonyl (C=O) groups excluding carboxylic acids is 1. The number of hydrogen-bond donors (Lipinski definition) is 2. The van der Waals surface area contributed by atoms with Crippen molar-refractivity contribution in [2.24, 2.45) is 0 Å². The number of halogens is 2. The number of aliphatic hydroxyl groups excluding tert-OH is 1. The van der Waals surface area contributed by atoms with Gasteiger partial charge in [-0.25, -0.2) is 0 Å². The number of amides is 1. The number of nitrogens with one attached hydrogen (secondary N) is 1. The van der Waals surface area contributed by atoms with Crippen LogP contribution in [0, 0.1) is 0 Å². The van der Waals surface area contributed by atoms with E-state index in [1.54, 1.807) is 25.1 Å². The van der Waals surface area contributed by atoms with Crippen molar-refractivity contribution in [1.29, 1.82) is 0 Å². The molecular formula is C17H25F2N3O2. The Morgan fingerprint density at radius 1 is 1.29 bits per heavy atom. The van der Waals surface area contributed by atoms with Crippen molar-refractivity contribution < 1.29 is 18.7 Å². The minimum Gasteiger partial charge on any atom is -0.381 e. The number of hydrogen-bond acceptors (Lipinski definition) is 4. The van der Waals surface area contributed by atoms with Gasteiger partial charge in [0.1, 0.15) is 0 Å². The molecule has 0 bridgehead atoms. The molecule has 134 valence electrons. The van der Waals surface area contributed by atoms with Gasteiger partial charge in [-0.05, 0) is 26.6 Å². The van der Waals surface area contributed by atoms with Gasteiger partial charge in [0, 0.05) is 31.7 Å². The second kappa shape index (κ2) is 7.55. The molecule has 1 saturated heterocycles. The van der Waals surface area contributed by atoms with Crippen molar-refractivity contribution >= 4 is 5.91 Å². The van der Waals surface area contributed by atoms with Gasteiger partial charge in [-0.3, -0.25) is 9.69 Å². The smallest absolute Gasteiger partial charge is 0.353 e. The van der Waals surface area contributed by atoms with Crippen LogP contribution in [0.2, 0.25) is 0 Å². The molecule has 1 amide bonds. The van der Waals surface area contributed by atoms with Crippen LogP contribution < -0.4 is 5.32 Å². The van der Waals surface area contributed by atoms with E-state index in [1.807, 2.05) is 14.1 Å². The Labute approximate surface area is 141 Å². The normalized spacial score (nSPS) is 22.8. The lowest BCUT2D eigenvalue weighted by atomic mass is 10.0. The Kier molecular flexibility index (Phi) is 5.90. The number of carbonyl (C=O) groups is 1. The van der Waals surface area contributed by atoms with Crippen molar-refractivity contribution in [1.82, 2.24) is 15.1 Å². The van der Waals surface area contributed by atoms with E-state index in [0.29, 0.717) is 6.54 Å². The molecule has 0 aliphatic carbocycles. The molecule has 0 radical (unpaired) electrons. The fraction of sp³-hybridized carbons (Fsp3) is 0.588. The first kappa shape index (κ1) is 18.8. The van der Waals surface area contributed by atoms with Crippen molar-refractivity contribution in [2.45, 2.75) is 31.0 Å². The van der Waals surface area contributed by atoms with Crippen LogP contribution in [0.3, 0.4) is 0 Å². The first-order valence-electron chi connectivity index (χ1n) is 8.04. The summed E-state index contributed by atoms with van der Waals surface area (Å²) in [6.45, 7) is 4.11. The van der Waals surface area contributed by atoms with Crippen LogP contribution in [0.5, 0.6) is 0 Å². The molecule has 3 unspecified atom stereocenters. The SMILES string of the molecule is CC(NC(=O)C(F)(F)C(O)c1ccccc1)C1CN(C)CCN1C. The molecule has 2 N–H and O–H groups in total. The third kappa shape index (κ3) is 4.09. The molecule has 1 aromatic carbocycles. The van der Waals surface area contributed by atoms with E-state index in [0.717, 1.165) is 13.1 Å². The molecule has 0 spiro atoms. The number of rotatable bonds is 5. The van der Waals surface area contributed by atoms with Crippen molar-refractivity contribution in [2.75, 3.05) is 33.7 Å². The fourth-order valence-corrected chi connectivity index (χ4v) is 2.95. The Hall–Kier alpha value is -1.57. The van der Waals surface area contributed by atoms with Gasteiger partial charge < -0.3 is 15.3 Å². The van der Waals surface area contributed by atoms with Gasteiger partial charge in [0.15, 0.2) is 6.10 Å². The van der Waals surface area contributed by atoms with E-state index in [-0.39, 0.29) is 11.6 Å². The van der Waals surface area contributed by atoms with Crippen LogP contribution in [-0.2, 0) is 4.79 Å². The van der Waals surface area contributed by atoms with Crippen LogP contribution >= 0.6 is 0 Å². The predicted octanol–water partition coefficient (Wildman–Crippen LogP) is 1.11. The second-order valence-electron chi connectivity index (χ2n) is 6.51. The lowest BCUT2D eigenvalue weighted by Gasteiger charge is -2.41. The van der Waals surface area contributed by atoms with E-state index < -0.39 is 24.0 Å². The van der Waals surface area contributed by atoms with E-state index >= 15 is 0 Å². The van der Waals surface area contributed by atoms with Gasteiger partial charge in [0.05, 0.1) is 0 Å². The zero-order valence-corrected chi connectivity index (χ0v) is 14.2. The average molecular weight is 341 g/mol. The zero-order valence-electron chi connectivity index (χ0n) is 14.2. The summed E-state index contributed by atoms with van der Waals surface area (Å²) in [5.41, 5.74) is 0.0137. The monoisotopic (exact) mass is 341 g/mol. The second-order valence-corrected chi connectivity index (χ2v) is 6.51. The van der Waals surface area contributed by atoms with Crippen molar-refractivity contribution in [3.63, 3.8) is 0 Å². The maximum Gasteiger partial charge on any atom is 0.353 e. The van der Waals surface area contributed by atoms with Gasteiger partial charge >= 0.3 is 5.92 Å². The number of alkyl halides is 2. The van der Waals surface area contributed by atoms with Gasteiger partial charge in [0.25, 0.3) is 5.91 Å². The first-order valence-corrected chi connectivity index (χ1v) is 8.04. The zero-order chi connectivity index (χ0) is 17.9. The minimum absolute atomic E-state index is 0.0137. The number of aliphatic hydroxyl groups is 1. The van der Waals surface area contributed by atoms with Gasteiger partial charge in [0.2, 0.25) is 0 Å². The van der Waals surface area contributed by atoms with E-state index in [4.69, 9.17) is 0 Å². The standard InChI is InChI=1S/C17H25F2N3O2/c1-12(14-11-21(2)9-10-22(14)3)20-16(24)17(18,19)15(23)13-7-5-4-6-8-13/h4-8,12,14-15,23H,9-11H2,1-3H3,(H,20,24). The third-order valence-corrected chi connectivity index (χ3v) is 4.60. The number of piperazine rings is 1. The van der Waals surface area contributed by atoms with E-state index in [9.17, 15) is 18.7 Å². The molecule has 0 aromatic heterocycles. The average Bonchev–Trinajstić information content (AvgIpc) is 2.56. The summed E-state index contributed by atoms with van der Waals surface area (Å²) in [6, 6.07) is 6.98. The molecule has 1 heterocycles. The molecule has 1 aliphatic heterocycles. The molecule has 1 aromatic rings. The quantitative estimate of drug-likeness (QED) is 0.842. The van der Waals surface area contributed by atoms with Crippen LogP contribution in [-0.4, -0.2) is 72.5 Å². The number of likely N-dealkylation sites (N-methyl/N-ethyl adjacent to an activating group) is 2. The Morgan fingerprint density at radius 3 is 2.54 bits per heavy atom. The highest BCUT2D eigenvalue weighted by molar-refractivity contribution is 5.84. The highest BCUT2D eigenvalue weighted by atomic mass is 19.3.